The summed E-state index contributed by atoms with van der Waals surface area (Å²) >= 11 is 5.93. The Morgan fingerprint density at radius 3 is 1.64 bits per heavy atom. The first-order valence-corrected chi connectivity index (χ1v) is 12.3. The Morgan fingerprint density at radius 2 is 1.06 bits per heavy atom. The largest absolute Gasteiger partial charge is 0.271 e. The molecule has 0 aliphatic heterocycles. The van der Waals surface area contributed by atoms with E-state index in [4.69, 9.17) is 17.4 Å². The zero-order valence-electron chi connectivity index (χ0n) is 20.9. The van der Waals surface area contributed by atoms with E-state index in [1.54, 1.807) is 0 Å². The van der Waals surface area contributed by atoms with E-state index in [0.717, 1.165) is 11.6 Å². The van der Waals surface area contributed by atoms with Gasteiger partial charge in [-0.25, -0.2) is 0 Å². The number of nitrogens with one attached hydrogen (secondary N) is 1. The second-order valence-electron chi connectivity index (χ2n) is 8.48. The highest BCUT2D eigenvalue weighted by molar-refractivity contribution is 6.30. The predicted molar refractivity (Wildman–Crippen MR) is 156 cm³/mol. The van der Waals surface area contributed by atoms with E-state index in [-0.39, 0.29) is 0 Å². The molecule has 0 aromatic heterocycles. The van der Waals surface area contributed by atoms with Crippen molar-refractivity contribution in [2.45, 2.75) is 20.4 Å². The summed E-state index contributed by atoms with van der Waals surface area (Å²) in [5.74, 6) is 5.11. The van der Waals surface area contributed by atoms with Gasteiger partial charge in [-0.3, -0.25) is 11.3 Å². The number of hydrazine groups is 1. The smallest absolute Gasteiger partial charge is 0.0412 e. The van der Waals surface area contributed by atoms with Crippen LogP contribution in [0.25, 0.3) is 22.3 Å². The van der Waals surface area contributed by atoms with Crippen molar-refractivity contribution in [1.29, 1.82) is 0 Å². The summed E-state index contributed by atoms with van der Waals surface area (Å²) < 4.78 is 0. The molecule has 0 atom stereocenters. The lowest BCUT2D eigenvalue weighted by Gasteiger charge is -2.02. The number of rotatable bonds is 4. The molecule has 0 spiro atoms. The Labute approximate surface area is 220 Å². The number of hydrogen-bond acceptors (Lipinski definition) is 2. The van der Waals surface area contributed by atoms with Gasteiger partial charge in [0.1, 0.15) is 0 Å². The molecule has 0 aliphatic carbocycles. The van der Waals surface area contributed by atoms with Gasteiger partial charge >= 0.3 is 0 Å². The van der Waals surface area contributed by atoms with Crippen LogP contribution in [0.1, 0.15) is 16.7 Å². The minimum absolute atomic E-state index is 0.737. The van der Waals surface area contributed by atoms with Crippen LogP contribution in [0.4, 0.5) is 0 Å². The fourth-order valence-electron chi connectivity index (χ4n) is 3.58. The van der Waals surface area contributed by atoms with Crippen molar-refractivity contribution >= 4 is 11.6 Å². The Morgan fingerprint density at radius 1 is 0.528 bits per heavy atom. The third-order valence-electron chi connectivity index (χ3n) is 5.48. The van der Waals surface area contributed by atoms with Crippen molar-refractivity contribution in [2.75, 3.05) is 0 Å². The van der Waals surface area contributed by atoms with Crippen LogP contribution in [-0.2, 0) is 6.54 Å². The second kappa shape index (κ2) is 14.7. The van der Waals surface area contributed by atoms with Gasteiger partial charge in [0.15, 0.2) is 0 Å². The molecule has 3 heteroatoms. The first kappa shape index (κ1) is 26.9. The van der Waals surface area contributed by atoms with Gasteiger partial charge in [-0.1, -0.05) is 144 Å². The van der Waals surface area contributed by atoms with Crippen molar-refractivity contribution in [2.24, 2.45) is 5.84 Å². The normalized spacial score (nSPS) is 9.89. The Hall–Kier alpha value is -3.69. The van der Waals surface area contributed by atoms with Gasteiger partial charge < -0.3 is 0 Å². The summed E-state index contributed by atoms with van der Waals surface area (Å²) in [6.07, 6.45) is 0. The van der Waals surface area contributed by atoms with Gasteiger partial charge in [-0.05, 0) is 53.8 Å². The first-order valence-electron chi connectivity index (χ1n) is 12.0. The van der Waals surface area contributed by atoms with Crippen LogP contribution in [0.15, 0.2) is 133 Å². The number of halogens is 1. The average Bonchev–Trinajstić information content (AvgIpc) is 2.91. The number of benzene rings is 5. The van der Waals surface area contributed by atoms with Crippen LogP contribution in [0.3, 0.4) is 0 Å². The molecule has 5 aromatic rings. The molecule has 5 rings (SSSR count). The maximum atomic E-state index is 5.93. The molecule has 2 nitrogen and oxygen atoms in total. The van der Waals surface area contributed by atoms with Gasteiger partial charge in [0, 0.05) is 11.6 Å². The molecule has 5 aromatic carbocycles. The zero-order valence-corrected chi connectivity index (χ0v) is 21.6. The van der Waals surface area contributed by atoms with Crippen LogP contribution in [0.2, 0.25) is 5.02 Å². The minimum atomic E-state index is 0.737. The summed E-state index contributed by atoms with van der Waals surface area (Å²) in [6, 6.07) is 45.4. The van der Waals surface area contributed by atoms with Crippen molar-refractivity contribution < 1.29 is 0 Å². The third-order valence-corrected chi connectivity index (χ3v) is 5.72. The molecule has 0 radical (unpaired) electrons. The van der Waals surface area contributed by atoms with Crippen LogP contribution >= 0.6 is 11.6 Å². The summed E-state index contributed by atoms with van der Waals surface area (Å²) in [5.41, 5.74) is 11.3. The molecule has 0 fully saturated rings. The predicted octanol–water partition coefficient (Wildman–Crippen LogP) is 8.63. The highest BCUT2D eigenvalue weighted by Crippen LogP contribution is 2.23. The SMILES string of the molecule is Cc1ccc(-c2ccccc2)cc1.Cc1cccc(-c2cccc(Cl)c2)c1.NNCc1ccccc1. The van der Waals surface area contributed by atoms with E-state index in [1.165, 1.54) is 38.9 Å². The summed E-state index contributed by atoms with van der Waals surface area (Å²) in [6.45, 7) is 4.93. The van der Waals surface area contributed by atoms with Gasteiger partial charge in [0.25, 0.3) is 0 Å². The summed E-state index contributed by atoms with van der Waals surface area (Å²) in [4.78, 5) is 0. The zero-order chi connectivity index (χ0) is 25.6. The first-order chi connectivity index (χ1) is 17.5. The van der Waals surface area contributed by atoms with Crippen molar-refractivity contribution in [3.05, 3.63) is 155 Å². The highest BCUT2D eigenvalue weighted by Gasteiger charge is 1.97. The van der Waals surface area contributed by atoms with Crippen LogP contribution < -0.4 is 11.3 Å². The van der Waals surface area contributed by atoms with Gasteiger partial charge in [-0.15, -0.1) is 0 Å². The average molecular weight is 493 g/mol. The molecule has 36 heavy (non-hydrogen) atoms. The van der Waals surface area contributed by atoms with E-state index in [1.807, 2.05) is 54.6 Å². The van der Waals surface area contributed by atoms with E-state index in [2.05, 4.69) is 98.1 Å². The molecule has 0 heterocycles. The number of hydrogen-bond donors (Lipinski definition) is 2. The standard InChI is InChI=1S/C13H11Cl.C13H12.C7H10N2/c1-10-4-2-5-11(8-10)12-6-3-7-13(14)9-12;1-11-7-9-13(10-8-11)12-5-3-2-4-6-12;8-9-6-7-4-2-1-3-5-7/h2-9H,1H3;2-10H,1H3;1-5,9H,6,8H2. The Bertz CT molecular complexity index is 1260. The monoisotopic (exact) mass is 492 g/mol. The van der Waals surface area contributed by atoms with Crippen LogP contribution in [0.5, 0.6) is 0 Å². The number of nitrogens with two attached hydrogens (primary N) is 1. The molecule has 0 bridgehead atoms. The minimum Gasteiger partial charge on any atom is -0.271 e. The lowest BCUT2D eigenvalue weighted by molar-refractivity contribution is 0.741. The molecule has 0 amide bonds. The molecule has 0 saturated carbocycles. The number of aryl methyl sites for hydroxylation is 2. The van der Waals surface area contributed by atoms with E-state index < -0.39 is 0 Å². The lowest BCUT2D eigenvalue weighted by Crippen LogP contribution is -2.20. The van der Waals surface area contributed by atoms with Gasteiger partial charge in [0.05, 0.1) is 0 Å². The maximum absolute atomic E-state index is 5.93. The summed E-state index contributed by atoms with van der Waals surface area (Å²) in [5, 5.41) is 0.781. The molecular weight excluding hydrogens is 460 g/mol. The Balaban J connectivity index is 0.000000154. The lowest BCUT2D eigenvalue weighted by atomic mass is 10.0. The van der Waals surface area contributed by atoms with Crippen molar-refractivity contribution in [3.8, 4) is 22.3 Å². The molecule has 3 N–H and O–H groups in total. The maximum Gasteiger partial charge on any atom is 0.0412 e. The van der Waals surface area contributed by atoms with Gasteiger partial charge in [0.2, 0.25) is 0 Å². The fourth-order valence-corrected chi connectivity index (χ4v) is 3.77. The molecule has 0 unspecified atom stereocenters. The molecule has 0 saturated heterocycles. The van der Waals surface area contributed by atoms with E-state index in [0.29, 0.717) is 0 Å². The second-order valence-corrected chi connectivity index (χ2v) is 8.91. The molecule has 182 valence electrons. The quantitative estimate of drug-likeness (QED) is 0.194. The Kier molecular flexibility index (Phi) is 10.9. The third kappa shape index (κ3) is 9.16. The van der Waals surface area contributed by atoms with Crippen molar-refractivity contribution in [3.63, 3.8) is 0 Å². The highest BCUT2D eigenvalue weighted by atomic mass is 35.5. The van der Waals surface area contributed by atoms with E-state index in [9.17, 15) is 0 Å². The van der Waals surface area contributed by atoms with Gasteiger partial charge in [-0.2, -0.15) is 0 Å². The van der Waals surface area contributed by atoms with Crippen LogP contribution in [0, 0.1) is 13.8 Å². The topological polar surface area (TPSA) is 38.0 Å². The fraction of sp³-hybridized carbons (Fsp3) is 0.0909. The summed E-state index contributed by atoms with van der Waals surface area (Å²) in [7, 11) is 0. The molecule has 0 aliphatic rings. The van der Waals surface area contributed by atoms with E-state index >= 15 is 0 Å². The molecular formula is C33H33ClN2. The van der Waals surface area contributed by atoms with Crippen LogP contribution in [-0.4, -0.2) is 0 Å². The van der Waals surface area contributed by atoms with Crippen molar-refractivity contribution in [1.82, 2.24) is 5.43 Å².